The highest BCUT2D eigenvalue weighted by atomic mass is 32.2. The van der Waals surface area contributed by atoms with E-state index in [-0.39, 0.29) is 15.5 Å². The SMILES string of the molecule is COC(=O)c1ccccc1NS(=O)(=O)c1cccs1. The topological polar surface area (TPSA) is 72.5 Å². The molecule has 1 N–H and O–H groups in total. The Hall–Kier alpha value is -1.86. The number of hydrogen-bond donors (Lipinski definition) is 1. The number of benzene rings is 1. The molecule has 0 bridgehead atoms. The highest BCUT2D eigenvalue weighted by Crippen LogP contribution is 2.23. The van der Waals surface area contributed by atoms with E-state index in [0.29, 0.717) is 0 Å². The minimum atomic E-state index is -3.67. The van der Waals surface area contributed by atoms with Gasteiger partial charge in [-0.1, -0.05) is 18.2 Å². The molecule has 2 rings (SSSR count). The molecule has 7 heteroatoms. The maximum atomic E-state index is 12.1. The van der Waals surface area contributed by atoms with Gasteiger partial charge in [-0.05, 0) is 23.6 Å². The van der Waals surface area contributed by atoms with Crippen LogP contribution in [0.1, 0.15) is 10.4 Å². The number of carbonyl (C=O) groups excluding carboxylic acids is 1. The highest BCUT2D eigenvalue weighted by molar-refractivity contribution is 7.94. The normalized spacial score (nSPS) is 11.0. The van der Waals surface area contributed by atoms with Crippen LogP contribution in [0.15, 0.2) is 46.0 Å². The maximum absolute atomic E-state index is 12.1. The van der Waals surface area contributed by atoms with E-state index >= 15 is 0 Å². The molecule has 0 saturated heterocycles. The number of nitrogens with one attached hydrogen (secondary N) is 1. The molecule has 0 aliphatic rings. The van der Waals surface area contributed by atoms with E-state index in [1.807, 2.05) is 0 Å². The number of sulfonamides is 1. The Bertz CT molecular complexity index is 678. The van der Waals surface area contributed by atoms with Crippen molar-refractivity contribution in [1.29, 1.82) is 0 Å². The summed E-state index contributed by atoms with van der Waals surface area (Å²) in [5.41, 5.74) is 0.368. The maximum Gasteiger partial charge on any atom is 0.339 e. The van der Waals surface area contributed by atoms with Crippen molar-refractivity contribution in [3.8, 4) is 0 Å². The van der Waals surface area contributed by atoms with Crippen molar-refractivity contribution >= 4 is 33.0 Å². The van der Waals surface area contributed by atoms with E-state index in [4.69, 9.17) is 0 Å². The van der Waals surface area contributed by atoms with Crippen LogP contribution in [0.2, 0.25) is 0 Å². The second-order valence-corrected chi connectivity index (χ2v) is 6.43. The minimum Gasteiger partial charge on any atom is -0.465 e. The lowest BCUT2D eigenvalue weighted by Crippen LogP contribution is -2.15. The first kappa shape index (κ1) is 13.6. The van der Waals surface area contributed by atoms with Crippen LogP contribution in [0.5, 0.6) is 0 Å². The Balaban J connectivity index is 2.37. The van der Waals surface area contributed by atoms with Crippen molar-refractivity contribution in [1.82, 2.24) is 0 Å². The molecule has 0 amide bonds. The monoisotopic (exact) mass is 297 g/mol. The Kier molecular flexibility index (Phi) is 3.87. The molecule has 2 aromatic rings. The molecule has 0 unspecified atom stereocenters. The van der Waals surface area contributed by atoms with Gasteiger partial charge in [0.15, 0.2) is 0 Å². The molecule has 0 saturated carbocycles. The van der Waals surface area contributed by atoms with Crippen LogP contribution in [0, 0.1) is 0 Å². The number of thiophene rings is 1. The van der Waals surface area contributed by atoms with Gasteiger partial charge < -0.3 is 4.74 Å². The Morgan fingerprint density at radius 1 is 1.21 bits per heavy atom. The summed E-state index contributed by atoms with van der Waals surface area (Å²) in [6, 6.07) is 9.42. The quantitative estimate of drug-likeness (QED) is 0.879. The minimum absolute atomic E-state index is 0.171. The average molecular weight is 297 g/mol. The zero-order chi connectivity index (χ0) is 13.9. The molecular formula is C12H11NO4S2. The van der Waals surface area contributed by atoms with Gasteiger partial charge in [-0.25, -0.2) is 13.2 Å². The summed E-state index contributed by atoms with van der Waals surface area (Å²) in [5.74, 6) is -0.593. The third kappa shape index (κ3) is 2.94. The first-order chi connectivity index (χ1) is 9.04. The lowest BCUT2D eigenvalue weighted by Gasteiger charge is -2.10. The van der Waals surface area contributed by atoms with Gasteiger partial charge >= 0.3 is 5.97 Å². The van der Waals surface area contributed by atoms with Crippen molar-refractivity contribution < 1.29 is 17.9 Å². The Labute approximate surface area is 114 Å². The predicted octanol–water partition coefficient (Wildman–Crippen LogP) is 2.34. The largest absolute Gasteiger partial charge is 0.465 e. The third-order valence-electron chi connectivity index (χ3n) is 2.34. The van der Waals surface area contributed by atoms with E-state index in [1.54, 1.807) is 23.6 Å². The molecule has 0 aliphatic heterocycles. The lowest BCUT2D eigenvalue weighted by atomic mass is 10.2. The first-order valence-corrected chi connectivity index (χ1v) is 7.64. The number of carbonyl (C=O) groups is 1. The van der Waals surface area contributed by atoms with Crippen LogP contribution in [-0.4, -0.2) is 21.5 Å². The number of anilines is 1. The van der Waals surface area contributed by atoms with Gasteiger partial charge in [-0.15, -0.1) is 11.3 Å². The van der Waals surface area contributed by atoms with Gasteiger partial charge in [0, 0.05) is 0 Å². The molecule has 5 nitrogen and oxygen atoms in total. The first-order valence-electron chi connectivity index (χ1n) is 5.28. The van der Waals surface area contributed by atoms with E-state index in [1.165, 1.54) is 25.3 Å². The van der Waals surface area contributed by atoms with Gasteiger partial charge in [0.05, 0.1) is 18.4 Å². The molecule has 0 spiro atoms. The van der Waals surface area contributed by atoms with Gasteiger partial charge in [0.1, 0.15) is 4.21 Å². The second kappa shape index (κ2) is 5.41. The number of para-hydroxylation sites is 1. The molecule has 100 valence electrons. The van der Waals surface area contributed by atoms with E-state index in [9.17, 15) is 13.2 Å². The van der Waals surface area contributed by atoms with Crippen LogP contribution in [0.3, 0.4) is 0 Å². The fourth-order valence-corrected chi connectivity index (χ4v) is 3.54. The van der Waals surface area contributed by atoms with Crippen LogP contribution < -0.4 is 4.72 Å². The molecule has 0 fully saturated rings. The van der Waals surface area contributed by atoms with Crippen LogP contribution in [0.4, 0.5) is 5.69 Å². The summed E-state index contributed by atoms with van der Waals surface area (Å²) in [5, 5.41) is 1.67. The number of hydrogen-bond acceptors (Lipinski definition) is 5. The smallest absolute Gasteiger partial charge is 0.339 e. The Morgan fingerprint density at radius 3 is 2.58 bits per heavy atom. The van der Waals surface area contributed by atoms with Crippen molar-refractivity contribution in [2.75, 3.05) is 11.8 Å². The van der Waals surface area contributed by atoms with E-state index in [0.717, 1.165) is 11.3 Å². The van der Waals surface area contributed by atoms with Crippen molar-refractivity contribution in [2.24, 2.45) is 0 Å². The van der Waals surface area contributed by atoms with Gasteiger partial charge in [-0.2, -0.15) is 0 Å². The molecule has 1 aromatic carbocycles. The third-order valence-corrected chi connectivity index (χ3v) is 5.10. The van der Waals surface area contributed by atoms with Crippen molar-refractivity contribution in [2.45, 2.75) is 4.21 Å². The summed E-state index contributed by atoms with van der Waals surface area (Å²) < 4.78 is 31.3. The predicted molar refractivity (Wildman–Crippen MR) is 72.9 cm³/mol. The number of rotatable bonds is 4. The van der Waals surface area contributed by atoms with Crippen molar-refractivity contribution in [3.05, 3.63) is 47.3 Å². The van der Waals surface area contributed by atoms with Crippen LogP contribution in [0.25, 0.3) is 0 Å². The summed E-state index contributed by atoms with van der Waals surface area (Å²) in [7, 11) is -2.43. The highest BCUT2D eigenvalue weighted by Gasteiger charge is 2.19. The lowest BCUT2D eigenvalue weighted by molar-refractivity contribution is 0.0602. The summed E-state index contributed by atoms with van der Waals surface area (Å²) >= 11 is 1.10. The average Bonchev–Trinajstić information content (AvgIpc) is 2.93. The van der Waals surface area contributed by atoms with Crippen LogP contribution >= 0.6 is 11.3 Å². The van der Waals surface area contributed by atoms with Crippen LogP contribution in [-0.2, 0) is 14.8 Å². The molecular weight excluding hydrogens is 286 g/mol. The fourth-order valence-electron chi connectivity index (χ4n) is 1.47. The van der Waals surface area contributed by atoms with Gasteiger partial charge in [0.2, 0.25) is 0 Å². The Morgan fingerprint density at radius 2 is 1.95 bits per heavy atom. The zero-order valence-corrected chi connectivity index (χ0v) is 11.6. The zero-order valence-electron chi connectivity index (χ0n) is 9.99. The molecule has 0 aliphatic carbocycles. The van der Waals surface area contributed by atoms with Crippen molar-refractivity contribution in [3.63, 3.8) is 0 Å². The molecule has 1 aromatic heterocycles. The number of ether oxygens (including phenoxy) is 1. The van der Waals surface area contributed by atoms with Gasteiger partial charge in [-0.3, -0.25) is 4.72 Å². The summed E-state index contributed by atoms with van der Waals surface area (Å²) in [4.78, 5) is 11.6. The number of methoxy groups -OCH3 is 1. The molecule has 0 radical (unpaired) electrons. The second-order valence-electron chi connectivity index (χ2n) is 3.57. The number of esters is 1. The molecule has 19 heavy (non-hydrogen) atoms. The fraction of sp³-hybridized carbons (Fsp3) is 0.0833. The summed E-state index contributed by atoms with van der Waals surface area (Å²) in [6.45, 7) is 0. The van der Waals surface area contributed by atoms with Gasteiger partial charge in [0.25, 0.3) is 10.0 Å². The molecule has 1 heterocycles. The van der Waals surface area contributed by atoms with E-state index < -0.39 is 16.0 Å². The summed E-state index contributed by atoms with van der Waals surface area (Å²) in [6.07, 6.45) is 0. The van der Waals surface area contributed by atoms with E-state index in [2.05, 4.69) is 9.46 Å². The standard InChI is InChI=1S/C12H11NO4S2/c1-17-12(14)9-5-2-3-6-10(9)13-19(15,16)11-7-4-8-18-11/h2-8,13H,1H3. The molecule has 0 atom stereocenters.